The van der Waals surface area contributed by atoms with Gasteiger partial charge in [-0.1, -0.05) is 12.1 Å². The van der Waals surface area contributed by atoms with Crippen LogP contribution in [0.4, 0.5) is 13.2 Å². The van der Waals surface area contributed by atoms with E-state index < -0.39 is 12.0 Å². The fourth-order valence-corrected chi connectivity index (χ4v) is 1.78. The van der Waals surface area contributed by atoms with E-state index in [4.69, 9.17) is 5.26 Å². The lowest BCUT2D eigenvalue weighted by Gasteiger charge is -2.09. The van der Waals surface area contributed by atoms with E-state index in [1.165, 1.54) is 6.07 Å². The Hall–Kier alpha value is -3.02. The van der Waals surface area contributed by atoms with Crippen LogP contribution in [0, 0.1) is 11.3 Å². The van der Waals surface area contributed by atoms with Crippen LogP contribution >= 0.6 is 0 Å². The number of hydrogen-bond acceptors (Lipinski definition) is 5. The minimum atomic E-state index is -4.68. The highest BCUT2D eigenvalue weighted by molar-refractivity contribution is 5.85. The van der Waals surface area contributed by atoms with Crippen LogP contribution in [0.1, 0.15) is 11.6 Å². The summed E-state index contributed by atoms with van der Waals surface area (Å²) < 4.78 is 39.6. The number of benzene rings is 1. The first-order valence-corrected chi connectivity index (χ1v) is 5.65. The molecule has 0 aliphatic rings. The van der Waals surface area contributed by atoms with Crippen molar-refractivity contribution in [1.29, 1.82) is 5.26 Å². The molecule has 0 N–H and O–H groups in total. The smallest absolute Gasteiger partial charge is 0.224 e. The van der Waals surface area contributed by atoms with Crippen LogP contribution in [0.2, 0.25) is 0 Å². The van der Waals surface area contributed by atoms with Gasteiger partial charge in [0.2, 0.25) is 5.82 Å². The molecule has 0 saturated carbocycles. The highest BCUT2D eigenvalue weighted by Crippen LogP contribution is 2.29. The highest BCUT2D eigenvalue weighted by Gasteiger charge is 2.35. The molecule has 0 aliphatic carbocycles. The number of rotatable bonds is 1. The van der Waals surface area contributed by atoms with Gasteiger partial charge in [-0.15, -0.1) is 5.10 Å². The summed E-state index contributed by atoms with van der Waals surface area (Å²) >= 11 is 0. The summed E-state index contributed by atoms with van der Waals surface area (Å²) in [5, 5.41) is 12.8. The molecule has 2 aromatic heterocycles. The van der Waals surface area contributed by atoms with Gasteiger partial charge in [-0.2, -0.15) is 18.4 Å². The second-order valence-electron chi connectivity index (χ2n) is 4.01. The normalized spacial score (nSPS) is 11.5. The quantitative estimate of drug-likeness (QED) is 0.685. The number of alkyl halides is 3. The Bertz CT molecular complexity index is 861. The number of aromatic nitrogens is 5. The molecule has 0 amide bonds. The van der Waals surface area contributed by atoms with Crippen LogP contribution < -0.4 is 0 Å². The lowest BCUT2D eigenvalue weighted by Crippen LogP contribution is -2.14. The van der Waals surface area contributed by atoms with Crippen LogP contribution in [-0.2, 0) is 6.18 Å². The molecule has 0 atom stereocenters. The first-order chi connectivity index (χ1) is 9.99. The molecule has 9 heteroatoms. The molecule has 0 radical (unpaired) electrons. The average molecular weight is 290 g/mol. The number of nitriles is 1. The molecule has 3 rings (SSSR count). The van der Waals surface area contributed by atoms with Crippen LogP contribution in [0.3, 0.4) is 0 Å². The number of halogens is 3. The summed E-state index contributed by atoms with van der Waals surface area (Å²) in [5.41, 5.74) is 0.129. The molecule has 6 nitrogen and oxygen atoms in total. The Balaban J connectivity index is 2.31. The van der Waals surface area contributed by atoms with E-state index in [0.717, 1.165) is 11.0 Å². The molecule has 3 aromatic rings. The third kappa shape index (κ3) is 2.27. The molecule has 21 heavy (non-hydrogen) atoms. The van der Waals surface area contributed by atoms with E-state index in [2.05, 4.69) is 20.1 Å². The van der Waals surface area contributed by atoms with Gasteiger partial charge in [0, 0.05) is 5.39 Å². The van der Waals surface area contributed by atoms with Crippen molar-refractivity contribution in [2.75, 3.05) is 0 Å². The molecule has 0 fully saturated rings. The predicted octanol–water partition coefficient (Wildman–Crippen LogP) is 2.10. The van der Waals surface area contributed by atoms with Gasteiger partial charge in [-0.25, -0.2) is 19.6 Å². The van der Waals surface area contributed by atoms with E-state index in [0.29, 0.717) is 5.39 Å². The Labute approximate surface area is 115 Å². The van der Waals surface area contributed by atoms with E-state index in [-0.39, 0.29) is 17.2 Å². The molecule has 104 valence electrons. The van der Waals surface area contributed by atoms with Crippen molar-refractivity contribution in [1.82, 2.24) is 24.7 Å². The van der Waals surface area contributed by atoms with Gasteiger partial charge in [0.1, 0.15) is 12.4 Å². The molecule has 1 aromatic carbocycles. The Morgan fingerprint density at radius 3 is 2.57 bits per heavy atom. The standard InChI is InChI=1S/C12H5F3N6/c13-12(14,15)11-18-8-4-2-1-3-7(8)10(19-11)21-6-17-9(5-16)20-21/h1-4,6H. The number of nitrogens with zero attached hydrogens (tertiary/aromatic N) is 6. The maximum absolute atomic E-state index is 12.9. The summed E-state index contributed by atoms with van der Waals surface area (Å²) in [4.78, 5) is 10.7. The fraction of sp³-hybridized carbons (Fsp3) is 0.0833. The van der Waals surface area contributed by atoms with Crippen LogP contribution in [0.5, 0.6) is 0 Å². The third-order valence-electron chi connectivity index (χ3n) is 2.65. The van der Waals surface area contributed by atoms with E-state index >= 15 is 0 Å². The maximum atomic E-state index is 12.9. The molecule has 0 bridgehead atoms. The van der Waals surface area contributed by atoms with Crippen molar-refractivity contribution in [2.24, 2.45) is 0 Å². The Morgan fingerprint density at radius 1 is 1.14 bits per heavy atom. The van der Waals surface area contributed by atoms with E-state index in [1.54, 1.807) is 24.3 Å². The van der Waals surface area contributed by atoms with Gasteiger partial charge in [0.15, 0.2) is 5.82 Å². The van der Waals surface area contributed by atoms with Crippen molar-refractivity contribution in [2.45, 2.75) is 6.18 Å². The van der Waals surface area contributed by atoms with Crippen LogP contribution in [0.25, 0.3) is 16.7 Å². The summed E-state index contributed by atoms with van der Waals surface area (Å²) in [6, 6.07) is 7.93. The summed E-state index contributed by atoms with van der Waals surface area (Å²) in [6.07, 6.45) is -3.55. The number of hydrogen-bond donors (Lipinski definition) is 0. The minimum absolute atomic E-state index is 0.0816. The highest BCUT2D eigenvalue weighted by atomic mass is 19.4. The average Bonchev–Trinajstić information content (AvgIpc) is 2.94. The van der Waals surface area contributed by atoms with Crippen LogP contribution in [0.15, 0.2) is 30.6 Å². The van der Waals surface area contributed by atoms with Gasteiger partial charge in [0.25, 0.3) is 5.82 Å². The number of para-hydroxylation sites is 1. The first kappa shape index (κ1) is 13.0. The Morgan fingerprint density at radius 2 is 1.90 bits per heavy atom. The topological polar surface area (TPSA) is 80.3 Å². The summed E-state index contributed by atoms with van der Waals surface area (Å²) in [5.74, 6) is -1.52. The monoisotopic (exact) mass is 290 g/mol. The van der Waals surface area contributed by atoms with Crippen molar-refractivity contribution < 1.29 is 13.2 Å². The van der Waals surface area contributed by atoms with E-state index in [1.807, 2.05) is 0 Å². The lowest BCUT2D eigenvalue weighted by molar-refractivity contribution is -0.144. The summed E-state index contributed by atoms with van der Waals surface area (Å²) in [6.45, 7) is 0. The minimum Gasteiger partial charge on any atom is -0.224 e. The predicted molar refractivity (Wildman–Crippen MR) is 64.2 cm³/mol. The van der Waals surface area contributed by atoms with Gasteiger partial charge >= 0.3 is 6.18 Å². The van der Waals surface area contributed by atoms with Crippen LogP contribution in [-0.4, -0.2) is 24.7 Å². The SMILES string of the molecule is N#Cc1ncn(-c2nc(C(F)(F)F)nc3ccccc23)n1. The zero-order valence-corrected chi connectivity index (χ0v) is 10.2. The van der Waals surface area contributed by atoms with Gasteiger partial charge in [-0.05, 0) is 12.1 Å². The van der Waals surface area contributed by atoms with Gasteiger partial charge in [-0.3, -0.25) is 0 Å². The third-order valence-corrected chi connectivity index (χ3v) is 2.65. The van der Waals surface area contributed by atoms with Gasteiger partial charge < -0.3 is 0 Å². The second-order valence-corrected chi connectivity index (χ2v) is 4.01. The van der Waals surface area contributed by atoms with Crippen molar-refractivity contribution >= 4 is 10.9 Å². The molecule has 0 saturated heterocycles. The molecular formula is C12H5F3N6. The fourth-order valence-electron chi connectivity index (χ4n) is 1.78. The molecular weight excluding hydrogens is 285 g/mol. The lowest BCUT2D eigenvalue weighted by atomic mass is 10.2. The molecule has 0 unspecified atom stereocenters. The molecule has 0 spiro atoms. The Kier molecular flexibility index (Phi) is 2.79. The zero-order valence-electron chi connectivity index (χ0n) is 10.2. The maximum Gasteiger partial charge on any atom is 0.451 e. The van der Waals surface area contributed by atoms with E-state index in [9.17, 15) is 13.2 Å². The van der Waals surface area contributed by atoms with Crippen molar-refractivity contribution in [3.63, 3.8) is 0 Å². The van der Waals surface area contributed by atoms with Crippen molar-refractivity contribution in [3.8, 4) is 11.9 Å². The first-order valence-electron chi connectivity index (χ1n) is 5.65. The van der Waals surface area contributed by atoms with Crippen molar-refractivity contribution in [3.05, 3.63) is 42.2 Å². The molecule has 0 aliphatic heterocycles. The number of fused-ring (bicyclic) bond motifs is 1. The van der Waals surface area contributed by atoms with Gasteiger partial charge in [0.05, 0.1) is 5.52 Å². The second kappa shape index (κ2) is 4.52. The molecule has 2 heterocycles. The zero-order chi connectivity index (χ0) is 15.0. The summed E-state index contributed by atoms with van der Waals surface area (Å²) in [7, 11) is 0. The largest absolute Gasteiger partial charge is 0.451 e.